The zero-order chi connectivity index (χ0) is 10.8. The highest BCUT2D eigenvalue weighted by atomic mass is 19.2. The van der Waals surface area contributed by atoms with Crippen molar-refractivity contribution in [2.24, 2.45) is 0 Å². The minimum absolute atomic E-state index is 0.206. The van der Waals surface area contributed by atoms with Crippen molar-refractivity contribution in [3.05, 3.63) is 12.2 Å². The van der Waals surface area contributed by atoms with Crippen LogP contribution in [0.1, 0.15) is 13.3 Å². The minimum Gasteiger partial charge on any atom is -0.462 e. The number of esters is 1. The lowest BCUT2D eigenvalue weighted by atomic mass is 10.1. The second-order valence-electron chi connectivity index (χ2n) is 3.23. The Labute approximate surface area is 80.7 Å². The first-order valence-corrected chi connectivity index (χ1v) is 4.25. The molecule has 1 aliphatic heterocycles. The largest absolute Gasteiger partial charge is 0.462 e. The number of rotatable bonds is 4. The smallest absolute Gasteiger partial charge is 0.333 e. The minimum atomic E-state index is -2.27. The predicted octanol–water partition coefficient (Wildman–Crippen LogP) is 1.53. The Morgan fingerprint density at radius 2 is 2.43 bits per heavy atom. The summed E-state index contributed by atoms with van der Waals surface area (Å²) in [6, 6.07) is 0. The monoisotopic (exact) mass is 206 g/mol. The van der Waals surface area contributed by atoms with Crippen LogP contribution < -0.4 is 0 Å². The average Bonchev–Trinajstić information content (AvgIpc) is 2.14. The average molecular weight is 206 g/mol. The van der Waals surface area contributed by atoms with E-state index in [4.69, 9.17) is 0 Å². The van der Waals surface area contributed by atoms with E-state index in [2.05, 4.69) is 16.1 Å². The van der Waals surface area contributed by atoms with Gasteiger partial charge in [-0.2, -0.15) is 0 Å². The molecule has 5 heteroatoms. The molecule has 0 saturated carbocycles. The molecule has 1 saturated heterocycles. The SMILES string of the molecule is C=C(C)C(=O)OCCC1(F)OCC1F. The van der Waals surface area contributed by atoms with Gasteiger partial charge in [-0.3, -0.25) is 0 Å². The fraction of sp³-hybridized carbons (Fsp3) is 0.667. The van der Waals surface area contributed by atoms with Crippen LogP contribution in [0.3, 0.4) is 0 Å². The number of carbonyl (C=O) groups excluding carboxylic acids is 1. The highest BCUT2D eigenvalue weighted by Crippen LogP contribution is 2.34. The summed E-state index contributed by atoms with van der Waals surface area (Å²) >= 11 is 0. The fourth-order valence-electron chi connectivity index (χ4n) is 0.962. The number of hydrogen-bond donors (Lipinski definition) is 0. The van der Waals surface area contributed by atoms with Gasteiger partial charge in [0.05, 0.1) is 13.2 Å². The van der Waals surface area contributed by atoms with Crippen LogP contribution in [-0.2, 0) is 14.3 Å². The molecule has 0 radical (unpaired) electrons. The molecule has 2 unspecified atom stereocenters. The lowest BCUT2D eigenvalue weighted by Crippen LogP contribution is -2.52. The molecule has 1 aliphatic rings. The number of ether oxygens (including phenoxy) is 2. The Balaban J connectivity index is 2.22. The summed E-state index contributed by atoms with van der Waals surface area (Å²) in [5.74, 6) is -2.88. The van der Waals surface area contributed by atoms with Crippen molar-refractivity contribution in [2.75, 3.05) is 13.2 Å². The summed E-state index contributed by atoms with van der Waals surface area (Å²) in [5, 5.41) is 0. The van der Waals surface area contributed by atoms with E-state index in [0.717, 1.165) is 0 Å². The zero-order valence-electron chi connectivity index (χ0n) is 7.89. The maximum atomic E-state index is 13.1. The molecule has 0 aliphatic carbocycles. The van der Waals surface area contributed by atoms with Gasteiger partial charge in [-0.15, -0.1) is 0 Å². The Hall–Kier alpha value is -0.970. The van der Waals surface area contributed by atoms with Gasteiger partial charge in [-0.1, -0.05) is 6.58 Å². The van der Waals surface area contributed by atoms with Crippen LogP contribution in [0.2, 0.25) is 0 Å². The Bertz CT molecular complexity index is 254. The summed E-state index contributed by atoms with van der Waals surface area (Å²) in [5.41, 5.74) is 0.226. The van der Waals surface area contributed by atoms with E-state index in [0.29, 0.717) is 0 Å². The first kappa shape index (κ1) is 11.1. The van der Waals surface area contributed by atoms with Crippen molar-refractivity contribution in [2.45, 2.75) is 25.4 Å². The molecule has 0 N–H and O–H groups in total. The van der Waals surface area contributed by atoms with Gasteiger partial charge in [0.2, 0.25) is 5.85 Å². The first-order chi connectivity index (χ1) is 6.46. The second-order valence-corrected chi connectivity index (χ2v) is 3.23. The van der Waals surface area contributed by atoms with Crippen molar-refractivity contribution in [1.82, 2.24) is 0 Å². The molecule has 0 bridgehead atoms. The maximum absolute atomic E-state index is 13.1. The number of hydrogen-bond acceptors (Lipinski definition) is 3. The molecule has 0 spiro atoms. The van der Waals surface area contributed by atoms with Crippen molar-refractivity contribution in [3.63, 3.8) is 0 Å². The van der Waals surface area contributed by atoms with Crippen molar-refractivity contribution < 1.29 is 23.0 Å². The van der Waals surface area contributed by atoms with Gasteiger partial charge in [0.15, 0.2) is 6.17 Å². The van der Waals surface area contributed by atoms with Gasteiger partial charge < -0.3 is 9.47 Å². The third kappa shape index (κ3) is 2.29. The van der Waals surface area contributed by atoms with Crippen LogP contribution in [0.4, 0.5) is 8.78 Å². The van der Waals surface area contributed by atoms with Gasteiger partial charge in [-0.25, -0.2) is 13.6 Å². The molecular weight excluding hydrogens is 194 g/mol. The van der Waals surface area contributed by atoms with E-state index >= 15 is 0 Å². The number of halogens is 2. The highest BCUT2D eigenvalue weighted by molar-refractivity contribution is 5.86. The quantitative estimate of drug-likeness (QED) is 0.517. The van der Waals surface area contributed by atoms with Crippen molar-refractivity contribution in [3.8, 4) is 0 Å². The maximum Gasteiger partial charge on any atom is 0.333 e. The van der Waals surface area contributed by atoms with Gasteiger partial charge in [0.25, 0.3) is 0 Å². The molecule has 1 heterocycles. The van der Waals surface area contributed by atoms with Gasteiger partial charge in [0, 0.05) is 12.0 Å². The summed E-state index contributed by atoms with van der Waals surface area (Å²) in [7, 11) is 0. The Morgan fingerprint density at radius 1 is 1.79 bits per heavy atom. The molecule has 1 fully saturated rings. The van der Waals surface area contributed by atoms with E-state index in [1.54, 1.807) is 0 Å². The topological polar surface area (TPSA) is 35.5 Å². The van der Waals surface area contributed by atoms with Gasteiger partial charge in [-0.05, 0) is 6.92 Å². The summed E-state index contributed by atoms with van der Waals surface area (Å²) in [6.07, 6.45) is -1.90. The molecule has 80 valence electrons. The standard InChI is InChI=1S/C9H12F2O3/c1-6(2)8(12)13-4-3-9(11)7(10)5-14-9/h7H,1,3-5H2,2H3. The molecule has 0 amide bonds. The van der Waals surface area contributed by atoms with Gasteiger partial charge >= 0.3 is 5.97 Å². The molecule has 2 atom stereocenters. The molecule has 14 heavy (non-hydrogen) atoms. The van der Waals surface area contributed by atoms with Crippen LogP contribution in [0.5, 0.6) is 0 Å². The Morgan fingerprint density at radius 3 is 2.79 bits per heavy atom. The van der Waals surface area contributed by atoms with Crippen LogP contribution in [0.15, 0.2) is 12.2 Å². The van der Waals surface area contributed by atoms with E-state index in [9.17, 15) is 13.6 Å². The van der Waals surface area contributed by atoms with Crippen molar-refractivity contribution >= 4 is 5.97 Å². The summed E-state index contributed by atoms with van der Waals surface area (Å²) < 4.78 is 34.7. The molecular formula is C9H12F2O3. The normalized spacial score (nSPS) is 30.6. The molecule has 1 rings (SSSR count). The van der Waals surface area contributed by atoms with Crippen LogP contribution in [0, 0.1) is 0 Å². The van der Waals surface area contributed by atoms with Crippen molar-refractivity contribution in [1.29, 1.82) is 0 Å². The lowest BCUT2D eigenvalue weighted by Gasteiger charge is -2.37. The summed E-state index contributed by atoms with van der Waals surface area (Å²) in [4.78, 5) is 10.8. The third-order valence-corrected chi connectivity index (χ3v) is 1.96. The molecule has 0 aromatic heterocycles. The van der Waals surface area contributed by atoms with E-state index in [1.807, 2.05) is 0 Å². The Kier molecular flexibility index (Phi) is 3.21. The number of alkyl halides is 2. The molecule has 0 aromatic carbocycles. The first-order valence-electron chi connectivity index (χ1n) is 4.25. The third-order valence-electron chi connectivity index (χ3n) is 1.96. The van der Waals surface area contributed by atoms with Gasteiger partial charge in [0.1, 0.15) is 0 Å². The summed E-state index contributed by atoms with van der Waals surface area (Å²) in [6.45, 7) is 4.39. The highest BCUT2D eigenvalue weighted by Gasteiger charge is 2.50. The van der Waals surface area contributed by atoms with E-state index in [1.165, 1.54) is 6.92 Å². The van der Waals surface area contributed by atoms with E-state index < -0.39 is 18.0 Å². The fourth-order valence-corrected chi connectivity index (χ4v) is 0.962. The van der Waals surface area contributed by atoms with E-state index in [-0.39, 0.29) is 25.2 Å². The molecule has 3 nitrogen and oxygen atoms in total. The number of carbonyl (C=O) groups is 1. The van der Waals surface area contributed by atoms with Crippen LogP contribution >= 0.6 is 0 Å². The van der Waals surface area contributed by atoms with Crippen LogP contribution in [-0.4, -0.2) is 31.2 Å². The lowest BCUT2D eigenvalue weighted by molar-refractivity contribution is -0.289. The second kappa shape index (κ2) is 4.04. The predicted molar refractivity (Wildman–Crippen MR) is 45.1 cm³/mol. The van der Waals surface area contributed by atoms with Crippen LogP contribution in [0.25, 0.3) is 0 Å². The molecule has 0 aromatic rings. The zero-order valence-corrected chi connectivity index (χ0v) is 7.89.